The molecule has 2 aromatic rings. The molecule has 0 aliphatic carbocycles. The maximum absolute atomic E-state index is 12.6. The number of nitrogens with two attached hydrogens (primary N) is 1. The molecule has 0 spiro atoms. The van der Waals surface area contributed by atoms with E-state index in [1.807, 2.05) is 37.3 Å². The van der Waals surface area contributed by atoms with Crippen molar-refractivity contribution < 1.29 is 14.4 Å². The Morgan fingerprint density at radius 2 is 2.05 bits per heavy atom. The average Bonchev–Trinajstić information content (AvgIpc) is 2.94. The van der Waals surface area contributed by atoms with E-state index in [0.29, 0.717) is 12.3 Å². The van der Waals surface area contributed by atoms with Crippen LogP contribution >= 0.6 is 0 Å². The number of carbonyl (C=O) groups excluding carboxylic acids is 1. The number of amidine groups is 1. The lowest BCUT2D eigenvalue weighted by Crippen LogP contribution is -2.34. The van der Waals surface area contributed by atoms with Gasteiger partial charge in [-0.2, -0.15) is 0 Å². The number of anilines is 1. The van der Waals surface area contributed by atoms with E-state index in [1.165, 1.54) is 6.26 Å². The van der Waals surface area contributed by atoms with Crippen molar-refractivity contribution in [3.05, 3.63) is 54.0 Å². The van der Waals surface area contributed by atoms with Crippen molar-refractivity contribution in [2.24, 2.45) is 10.9 Å². The molecule has 0 aliphatic heterocycles. The molecular weight excluding hydrogens is 270 g/mol. The van der Waals surface area contributed by atoms with Crippen molar-refractivity contribution in [3.8, 4) is 0 Å². The van der Waals surface area contributed by atoms with Gasteiger partial charge in [0.05, 0.1) is 6.26 Å². The first-order valence-corrected chi connectivity index (χ1v) is 6.51. The van der Waals surface area contributed by atoms with Crippen LogP contribution in [0.25, 0.3) is 0 Å². The van der Waals surface area contributed by atoms with E-state index in [4.69, 9.17) is 15.4 Å². The molecule has 0 saturated heterocycles. The summed E-state index contributed by atoms with van der Waals surface area (Å²) in [6, 6.07) is 10.9. The Morgan fingerprint density at radius 3 is 2.62 bits per heavy atom. The molecule has 2 rings (SSSR count). The molecule has 0 saturated carbocycles. The van der Waals surface area contributed by atoms with Crippen molar-refractivity contribution in [2.75, 3.05) is 11.4 Å². The Hall–Kier alpha value is -2.76. The molecule has 0 unspecified atom stereocenters. The number of nitrogens with zero attached hydrogens (tertiary/aromatic N) is 2. The molecule has 6 heteroatoms. The van der Waals surface area contributed by atoms with Gasteiger partial charge in [-0.25, -0.2) is 0 Å². The SMILES string of the molecule is Cc1ccoc1C(=O)N(CC/C(N)=N/O)c1ccccc1. The number of hydrogen-bond donors (Lipinski definition) is 2. The minimum atomic E-state index is -0.255. The van der Waals surface area contributed by atoms with Gasteiger partial charge in [0.1, 0.15) is 5.84 Å². The molecule has 110 valence electrons. The zero-order valence-electron chi connectivity index (χ0n) is 11.7. The van der Waals surface area contributed by atoms with Crippen LogP contribution in [-0.2, 0) is 0 Å². The summed E-state index contributed by atoms with van der Waals surface area (Å²) >= 11 is 0. The smallest absolute Gasteiger partial charge is 0.294 e. The topological polar surface area (TPSA) is 92.1 Å². The molecule has 1 aromatic heterocycles. The van der Waals surface area contributed by atoms with Gasteiger partial charge in [-0.05, 0) is 25.1 Å². The summed E-state index contributed by atoms with van der Waals surface area (Å²) < 4.78 is 5.26. The highest BCUT2D eigenvalue weighted by atomic mass is 16.4. The fourth-order valence-corrected chi connectivity index (χ4v) is 1.95. The van der Waals surface area contributed by atoms with E-state index in [-0.39, 0.29) is 18.2 Å². The molecule has 21 heavy (non-hydrogen) atoms. The van der Waals surface area contributed by atoms with Gasteiger partial charge in [-0.1, -0.05) is 23.4 Å². The maximum Gasteiger partial charge on any atom is 0.294 e. The normalized spacial score (nSPS) is 11.4. The average molecular weight is 287 g/mol. The summed E-state index contributed by atoms with van der Waals surface area (Å²) in [4.78, 5) is 14.2. The second-order valence-electron chi connectivity index (χ2n) is 4.57. The molecule has 0 radical (unpaired) electrons. The van der Waals surface area contributed by atoms with Gasteiger partial charge < -0.3 is 20.3 Å². The lowest BCUT2D eigenvalue weighted by molar-refractivity contribution is 0.0960. The van der Waals surface area contributed by atoms with Crippen molar-refractivity contribution in [2.45, 2.75) is 13.3 Å². The monoisotopic (exact) mass is 287 g/mol. The van der Waals surface area contributed by atoms with Gasteiger partial charge in [0.15, 0.2) is 5.76 Å². The summed E-state index contributed by atoms with van der Waals surface area (Å²) in [5.74, 6) is 0.104. The number of benzene rings is 1. The van der Waals surface area contributed by atoms with E-state index in [0.717, 1.165) is 11.3 Å². The Balaban J connectivity index is 2.28. The largest absolute Gasteiger partial charge is 0.459 e. The molecule has 0 bridgehead atoms. The molecule has 0 fully saturated rings. The molecular formula is C15H17N3O3. The summed E-state index contributed by atoms with van der Waals surface area (Å²) in [5.41, 5.74) is 6.98. The van der Waals surface area contributed by atoms with Crippen LogP contribution in [0, 0.1) is 6.92 Å². The molecule has 6 nitrogen and oxygen atoms in total. The maximum atomic E-state index is 12.6. The first-order chi connectivity index (χ1) is 10.1. The number of furan rings is 1. The molecule has 1 aromatic carbocycles. The van der Waals surface area contributed by atoms with Gasteiger partial charge in [-0.3, -0.25) is 4.79 Å². The third-order valence-electron chi connectivity index (χ3n) is 3.09. The number of hydrogen-bond acceptors (Lipinski definition) is 4. The van der Waals surface area contributed by atoms with Crippen LogP contribution in [0.4, 0.5) is 5.69 Å². The third-order valence-corrected chi connectivity index (χ3v) is 3.09. The lowest BCUT2D eigenvalue weighted by atomic mass is 10.2. The van der Waals surface area contributed by atoms with Crippen LogP contribution in [0.1, 0.15) is 22.5 Å². The van der Waals surface area contributed by atoms with Gasteiger partial charge in [0.2, 0.25) is 0 Å². The van der Waals surface area contributed by atoms with E-state index >= 15 is 0 Å². The molecule has 0 aliphatic rings. The summed E-state index contributed by atoms with van der Waals surface area (Å²) in [6.07, 6.45) is 1.74. The minimum absolute atomic E-state index is 0.0693. The van der Waals surface area contributed by atoms with Crippen LogP contribution < -0.4 is 10.6 Å². The van der Waals surface area contributed by atoms with E-state index in [9.17, 15) is 4.79 Å². The number of aryl methyl sites for hydroxylation is 1. The van der Waals surface area contributed by atoms with Crippen molar-refractivity contribution in [3.63, 3.8) is 0 Å². The van der Waals surface area contributed by atoms with E-state index in [1.54, 1.807) is 11.0 Å². The van der Waals surface area contributed by atoms with Gasteiger partial charge >= 0.3 is 0 Å². The lowest BCUT2D eigenvalue weighted by Gasteiger charge is -2.21. The molecule has 3 N–H and O–H groups in total. The van der Waals surface area contributed by atoms with Crippen LogP contribution in [0.3, 0.4) is 0 Å². The zero-order valence-corrected chi connectivity index (χ0v) is 11.7. The molecule has 0 atom stereocenters. The molecule has 1 amide bonds. The van der Waals surface area contributed by atoms with Crippen LogP contribution in [0.5, 0.6) is 0 Å². The zero-order chi connectivity index (χ0) is 15.2. The third kappa shape index (κ3) is 3.42. The molecule has 1 heterocycles. The Bertz CT molecular complexity index is 635. The predicted octanol–water partition coefficient (Wildman–Crippen LogP) is 2.37. The number of oxime groups is 1. The minimum Gasteiger partial charge on any atom is -0.459 e. The van der Waals surface area contributed by atoms with Gasteiger partial charge in [0.25, 0.3) is 5.91 Å². The van der Waals surface area contributed by atoms with Crippen molar-refractivity contribution >= 4 is 17.4 Å². The van der Waals surface area contributed by atoms with Crippen molar-refractivity contribution in [1.82, 2.24) is 0 Å². The van der Waals surface area contributed by atoms with Crippen LogP contribution in [0.2, 0.25) is 0 Å². The van der Waals surface area contributed by atoms with E-state index < -0.39 is 0 Å². The Morgan fingerprint density at radius 1 is 1.33 bits per heavy atom. The number of amides is 1. The number of carbonyl (C=O) groups is 1. The quantitative estimate of drug-likeness (QED) is 0.382. The predicted molar refractivity (Wildman–Crippen MR) is 79.6 cm³/mol. The van der Waals surface area contributed by atoms with E-state index in [2.05, 4.69) is 5.16 Å². The highest BCUT2D eigenvalue weighted by Gasteiger charge is 2.22. The summed E-state index contributed by atoms with van der Waals surface area (Å²) in [5, 5.41) is 11.6. The second kappa shape index (κ2) is 6.60. The second-order valence-corrected chi connectivity index (χ2v) is 4.57. The Labute approximate surface area is 122 Å². The fraction of sp³-hybridized carbons (Fsp3) is 0.200. The fourth-order valence-electron chi connectivity index (χ4n) is 1.95. The van der Waals surface area contributed by atoms with Crippen LogP contribution in [-0.4, -0.2) is 23.5 Å². The summed E-state index contributed by atoms with van der Waals surface area (Å²) in [7, 11) is 0. The standard InChI is InChI=1S/C15H17N3O3/c1-11-8-10-21-14(11)15(19)18(9-7-13(16)17-20)12-5-3-2-4-6-12/h2-6,8,10,20H,7,9H2,1H3,(H2,16,17). The number of para-hydroxylation sites is 1. The van der Waals surface area contributed by atoms with Gasteiger partial charge in [-0.15, -0.1) is 0 Å². The highest BCUT2D eigenvalue weighted by Crippen LogP contribution is 2.19. The van der Waals surface area contributed by atoms with Gasteiger partial charge in [0, 0.05) is 24.2 Å². The first kappa shape index (κ1) is 14.6. The van der Waals surface area contributed by atoms with Crippen LogP contribution in [0.15, 0.2) is 52.2 Å². The van der Waals surface area contributed by atoms with Crippen molar-refractivity contribution in [1.29, 1.82) is 0 Å². The summed E-state index contributed by atoms with van der Waals surface area (Å²) in [6.45, 7) is 2.10. The number of rotatable bonds is 5. The Kier molecular flexibility index (Phi) is 4.61. The highest BCUT2D eigenvalue weighted by molar-refractivity contribution is 6.05. The first-order valence-electron chi connectivity index (χ1n) is 6.51.